The third-order valence-corrected chi connectivity index (χ3v) is 2.72. The molecule has 0 atom stereocenters. The lowest BCUT2D eigenvalue weighted by Crippen LogP contribution is -2.18. The Labute approximate surface area is 91.0 Å². The molecule has 3 nitrogen and oxygen atoms in total. The summed E-state index contributed by atoms with van der Waals surface area (Å²) in [5.74, 6) is -1.53. The Bertz CT molecular complexity index is 515. The summed E-state index contributed by atoms with van der Waals surface area (Å²) in [5, 5.41) is 9.95. The van der Waals surface area contributed by atoms with Crippen molar-refractivity contribution in [3.8, 4) is 0 Å². The van der Waals surface area contributed by atoms with Crippen LogP contribution in [0.4, 0.5) is 0 Å². The number of Topliss-reactive ketones (excluding diaryl/α,β-unsaturated/α-hetero) is 1. The molecule has 15 heavy (non-hydrogen) atoms. The Balaban J connectivity index is 2.76. The number of hydrogen-bond donors (Lipinski definition) is 1. The Morgan fingerprint density at radius 3 is 2.53 bits per heavy atom. The van der Waals surface area contributed by atoms with E-state index in [1.807, 2.05) is 0 Å². The van der Waals surface area contributed by atoms with E-state index >= 15 is 0 Å². The maximum absolute atomic E-state index is 11.5. The van der Waals surface area contributed by atoms with Gasteiger partial charge < -0.3 is 5.11 Å². The first-order chi connectivity index (χ1) is 7.00. The Kier molecular flexibility index (Phi) is 2.12. The van der Waals surface area contributed by atoms with Gasteiger partial charge in [-0.15, -0.1) is 0 Å². The third kappa shape index (κ3) is 1.45. The van der Waals surface area contributed by atoms with Gasteiger partial charge in [-0.25, -0.2) is 0 Å². The van der Waals surface area contributed by atoms with E-state index in [1.54, 1.807) is 6.92 Å². The summed E-state index contributed by atoms with van der Waals surface area (Å²) in [6, 6.07) is 3.00. The van der Waals surface area contributed by atoms with Crippen LogP contribution in [0.2, 0.25) is 5.02 Å². The van der Waals surface area contributed by atoms with Crippen molar-refractivity contribution in [3.63, 3.8) is 0 Å². The molecule has 1 aromatic carbocycles. The van der Waals surface area contributed by atoms with Crippen LogP contribution >= 0.6 is 11.6 Å². The molecule has 0 bridgehead atoms. The molecule has 0 aromatic heterocycles. The number of aliphatic hydroxyl groups is 1. The first-order valence-electron chi connectivity index (χ1n) is 4.30. The van der Waals surface area contributed by atoms with Crippen LogP contribution in [-0.4, -0.2) is 16.7 Å². The van der Waals surface area contributed by atoms with Gasteiger partial charge in [0.2, 0.25) is 11.6 Å². The fourth-order valence-corrected chi connectivity index (χ4v) is 1.65. The van der Waals surface area contributed by atoms with Crippen LogP contribution < -0.4 is 0 Å². The van der Waals surface area contributed by atoms with Crippen molar-refractivity contribution in [3.05, 3.63) is 39.9 Å². The largest absolute Gasteiger partial charge is 0.507 e. The molecule has 1 aliphatic carbocycles. The van der Waals surface area contributed by atoms with Gasteiger partial charge in [0.05, 0.1) is 0 Å². The van der Waals surface area contributed by atoms with Crippen molar-refractivity contribution in [1.29, 1.82) is 0 Å². The van der Waals surface area contributed by atoms with Crippen LogP contribution in [-0.2, 0) is 4.79 Å². The minimum absolute atomic E-state index is 0.210. The molecule has 4 heteroatoms. The molecular formula is C11H7ClO3. The van der Waals surface area contributed by atoms with Gasteiger partial charge in [-0.1, -0.05) is 11.6 Å². The van der Waals surface area contributed by atoms with E-state index in [1.165, 1.54) is 12.1 Å². The van der Waals surface area contributed by atoms with Crippen molar-refractivity contribution >= 4 is 28.9 Å². The number of rotatable bonds is 0. The lowest BCUT2D eigenvalue weighted by molar-refractivity contribution is -0.111. The van der Waals surface area contributed by atoms with Crippen molar-refractivity contribution < 1.29 is 14.7 Å². The SMILES string of the molecule is Cc1cc2c(cc1Cl)C(O)=CC(=O)C2=O. The van der Waals surface area contributed by atoms with Gasteiger partial charge in [0.1, 0.15) is 5.76 Å². The molecule has 0 unspecified atom stereocenters. The van der Waals surface area contributed by atoms with E-state index in [-0.39, 0.29) is 11.3 Å². The second-order valence-electron chi connectivity index (χ2n) is 3.37. The van der Waals surface area contributed by atoms with Crippen molar-refractivity contribution in [1.82, 2.24) is 0 Å². The second kappa shape index (κ2) is 3.21. The zero-order valence-electron chi connectivity index (χ0n) is 7.87. The Hall–Kier alpha value is -1.61. The highest BCUT2D eigenvalue weighted by molar-refractivity contribution is 6.50. The minimum atomic E-state index is -0.707. The highest BCUT2D eigenvalue weighted by Crippen LogP contribution is 2.28. The molecule has 0 radical (unpaired) electrons. The van der Waals surface area contributed by atoms with Gasteiger partial charge in [0, 0.05) is 22.2 Å². The van der Waals surface area contributed by atoms with Crippen LogP contribution in [0.1, 0.15) is 21.5 Å². The van der Waals surface area contributed by atoms with Crippen LogP contribution in [0.15, 0.2) is 18.2 Å². The highest BCUT2D eigenvalue weighted by Gasteiger charge is 2.26. The van der Waals surface area contributed by atoms with Crippen molar-refractivity contribution in [2.24, 2.45) is 0 Å². The quantitative estimate of drug-likeness (QED) is 0.686. The zero-order chi connectivity index (χ0) is 11.2. The lowest BCUT2D eigenvalue weighted by Gasteiger charge is -2.13. The van der Waals surface area contributed by atoms with Crippen molar-refractivity contribution in [2.45, 2.75) is 6.92 Å². The van der Waals surface area contributed by atoms with Gasteiger partial charge in [0.25, 0.3) is 0 Å². The molecule has 1 aliphatic rings. The monoisotopic (exact) mass is 222 g/mol. The van der Waals surface area contributed by atoms with E-state index in [0.717, 1.165) is 6.08 Å². The smallest absolute Gasteiger partial charge is 0.233 e. The molecule has 0 aliphatic heterocycles. The fourth-order valence-electron chi connectivity index (χ4n) is 1.48. The second-order valence-corrected chi connectivity index (χ2v) is 3.78. The van der Waals surface area contributed by atoms with E-state index in [2.05, 4.69) is 0 Å². The number of fused-ring (bicyclic) bond motifs is 1. The summed E-state index contributed by atoms with van der Waals surface area (Å²) in [4.78, 5) is 22.6. The molecule has 0 saturated heterocycles. The molecule has 76 valence electrons. The predicted molar refractivity (Wildman–Crippen MR) is 56.1 cm³/mol. The summed E-state index contributed by atoms with van der Waals surface area (Å²) >= 11 is 5.86. The molecule has 0 spiro atoms. The van der Waals surface area contributed by atoms with E-state index in [4.69, 9.17) is 11.6 Å². The normalized spacial score (nSPS) is 14.9. The number of benzene rings is 1. The average Bonchev–Trinajstić information content (AvgIpc) is 2.18. The summed E-state index contributed by atoms with van der Waals surface area (Å²) in [7, 11) is 0. The van der Waals surface area contributed by atoms with Crippen LogP contribution in [0, 0.1) is 6.92 Å². The van der Waals surface area contributed by atoms with Crippen LogP contribution in [0.5, 0.6) is 0 Å². The number of aliphatic hydroxyl groups excluding tert-OH is 1. The number of allylic oxidation sites excluding steroid dienone is 1. The van der Waals surface area contributed by atoms with E-state index in [9.17, 15) is 14.7 Å². The minimum Gasteiger partial charge on any atom is -0.507 e. The zero-order valence-corrected chi connectivity index (χ0v) is 8.63. The summed E-state index contributed by atoms with van der Waals surface area (Å²) in [5.41, 5.74) is 1.23. The number of carbonyl (C=O) groups is 2. The molecule has 2 rings (SSSR count). The topological polar surface area (TPSA) is 54.4 Å². The third-order valence-electron chi connectivity index (χ3n) is 2.31. The number of halogens is 1. The number of carbonyl (C=O) groups excluding carboxylic acids is 2. The maximum Gasteiger partial charge on any atom is 0.233 e. The van der Waals surface area contributed by atoms with Gasteiger partial charge >= 0.3 is 0 Å². The average molecular weight is 223 g/mol. The van der Waals surface area contributed by atoms with Gasteiger partial charge in [0.15, 0.2) is 0 Å². The fraction of sp³-hybridized carbons (Fsp3) is 0.0909. The van der Waals surface area contributed by atoms with Crippen LogP contribution in [0.3, 0.4) is 0 Å². The number of aryl methyl sites for hydroxylation is 1. The summed E-state index contributed by atoms with van der Waals surface area (Å²) in [6.07, 6.45) is 0.913. The first kappa shape index (κ1) is 9.93. The summed E-state index contributed by atoms with van der Waals surface area (Å²) in [6.45, 7) is 1.73. The van der Waals surface area contributed by atoms with Gasteiger partial charge in [-0.2, -0.15) is 0 Å². The predicted octanol–water partition coefficient (Wildman–Crippen LogP) is 2.31. The van der Waals surface area contributed by atoms with Gasteiger partial charge in [-0.3, -0.25) is 9.59 Å². The molecular weight excluding hydrogens is 216 g/mol. The lowest BCUT2D eigenvalue weighted by atomic mass is 9.92. The molecule has 0 amide bonds. The molecule has 0 heterocycles. The number of hydrogen-bond acceptors (Lipinski definition) is 3. The molecule has 1 N–H and O–H groups in total. The highest BCUT2D eigenvalue weighted by atomic mass is 35.5. The molecule has 1 aromatic rings. The molecule has 0 saturated carbocycles. The summed E-state index contributed by atoms with van der Waals surface area (Å²) < 4.78 is 0. The van der Waals surface area contributed by atoms with Crippen LogP contribution in [0.25, 0.3) is 5.76 Å². The van der Waals surface area contributed by atoms with E-state index < -0.39 is 11.6 Å². The molecule has 0 fully saturated rings. The van der Waals surface area contributed by atoms with Gasteiger partial charge in [-0.05, 0) is 24.6 Å². The van der Waals surface area contributed by atoms with Crippen molar-refractivity contribution in [2.75, 3.05) is 0 Å². The first-order valence-corrected chi connectivity index (χ1v) is 4.68. The maximum atomic E-state index is 11.5. The Morgan fingerprint density at radius 2 is 1.87 bits per heavy atom. The van der Waals surface area contributed by atoms with E-state index in [0.29, 0.717) is 16.1 Å². The standard InChI is InChI=1S/C11H7ClO3/c1-5-2-7-6(3-8(5)12)9(13)4-10(14)11(7)15/h2-4,13H,1H3. The number of ketones is 2. The Morgan fingerprint density at radius 1 is 1.20 bits per heavy atom.